The number of amides is 3. The predicted octanol–water partition coefficient (Wildman–Crippen LogP) is 1.61. The van der Waals surface area contributed by atoms with Crippen molar-refractivity contribution < 1.29 is 19.1 Å². The van der Waals surface area contributed by atoms with E-state index in [1.54, 1.807) is 9.80 Å². The van der Waals surface area contributed by atoms with Gasteiger partial charge >= 0.3 is 6.03 Å². The second-order valence-electron chi connectivity index (χ2n) is 5.86. The molecule has 2 heterocycles. The highest BCUT2D eigenvalue weighted by molar-refractivity contribution is 5.97. The Labute approximate surface area is 141 Å². The molecular weight excluding hydrogens is 310 g/mol. The van der Waals surface area contributed by atoms with Gasteiger partial charge in [0.05, 0.1) is 6.04 Å². The molecule has 7 heteroatoms. The van der Waals surface area contributed by atoms with Crippen LogP contribution in [-0.4, -0.2) is 55.7 Å². The zero-order valence-electron chi connectivity index (χ0n) is 14.1. The van der Waals surface area contributed by atoms with Crippen molar-refractivity contribution in [3.8, 4) is 11.5 Å². The maximum Gasteiger partial charge on any atom is 0.317 e. The number of fused-ring (bicyclic) bond motifs is 1. The van der Waals surface area contributed by atoms with E-state index in [1.165, 1.54) is 0 Å². The summed E-state index contributed by atoms with van der Waals surface area (Å²) in [5.41, 5.74) is 0.767. The lowest BCUT2D eigenvalue weighted by molar-refractivity contribution is -0.117. The Morgan fingerprint density at radius 3 is 2.67 bits per heavy atom. The van der Waals surface area contributed by atoms with Crippen LogP contribution in [0.2, 0.25) is 0 Å². The summed E-state index contributed by atoms with van der Waals surface area (Å²) in [5.74, 6) is 1.35. The largest absolute Gasteiger partial charge is 0.486 e. The number of nitrogens with zero attached hydrogens (tertiary/aromatic N) is 2. The lowest BCUT2D eigenvalue weighted by atomic mass is 10.2. The zero-order valence-corrected chi connectivity index (χ0v) is 14.1. The first kappa shape index (κ1) is 16.4. The molecule has 24 heavy (non-hydrogen) atoms. The number of carbonyl (C=O) groups is 2. The number of ether oxygens (including phenoxy) is 2. The van der Waals surface area contributed by atoms with E-state index < -0.39 is 0 Å². The highest BCUT2D eigenvalue weighted by Gasteiger charge is 2.32. The van der Waals surface area contributed by atoms with Gasteiger partial charge in [-0.25, -0.2) is 4.79 Å². The lowest BCUT2D eigenvalue weighted by Crippen LogP contribution is -2.45. The standard InChI is InChI=1S/C17H23N3O4/c1-3-19(4-2)17(22)18-12-9-16(21)20(11-12)13-5-6-14-15(10-13)24-8-7-23-14/h5-6,10,12H,3-4,7-9,11H2,1-2H3,(H,18,22)/t12-/m0/s1. The molecule has 0 radical (unpaired) electrons. The van der Waals surface area contributed by atoms with Crippen molar-refractivity contribution in [3.05, 3.63) is 18.2 Å². The van der Waals surface area contributed by atoms with Crippen LogP contribution in [0.15, 0.2) is 18.2 Å². The van der Waals surface area contributed by atoms with Crippen LogP contribution in [0.3, 0.4) is 0 Å². The van der Waals surface area contributed by atoms with E-state index in [-0.39, 0.29) is 18.0 Å². The minimum Gasteiger partial charge on any atom is -0.486 e. The van der Waals surface area contributed by atoms with E-state index in [0.717, 1.165) is 5.69 Å². The quantitative estimate of drug-likeness (QED) is 0.909. The Hall–Kier alpha value is -2.44. The topological polar surface area (TPSA) is 71.1 Å². The number of urea groups is 1. The maximum atomic E-state index is 12.3. The van der Waals surface area contributed by atoms with Crippen LogP contribution in [0.1, 0.15) is 20.3 Å². The first-order valence-electron chi connectivity index (χ1n) is 8.37. The third kappa shape index (κ3) is 3.25. The number of nitrogens with one attached hydrogen (secondary N) is 1. The van der Waals surface area contributed by atoms with Gasteiger partial charge in [0, 0.05) is 37.8 Å². The Kier molecular flexibility index (Phi) is 4.78. The molecule has 2 aliphatic rings. The normalized spacial score (nSPS) is 19.3. The smallest absolute Gasteiger partial charge is 0.317 e. The average molecular weight is 333 g/mol. The molecule has 0 bridgehead atoms. The molecule has 0 aliphatic carbocycles. The van der Waals surface area contributed by atoms with Gasteiger partial charge in [0.1, 0.15) is 13.2 Å². The number of rotatable bonds is 4. The molecule has 1 aromatic carbocycles. The van der Waals surface area contributed by atoms with E-state index in [4.69, 9.17) is 9.47 Å². The highest BCUT2D eigenvalue weighted by atomic mass is 16.6. The van der Waals surface area contributed by atoms with Crippen molar-refractivity contribution in [2.45, 2.75) is 26.3 Å². The zero-order chi connectivity index (χ0) is 17.1. The van der Waals surface area contributed by atoms with Gasteiger partial charge in [0.25, 0.3) is 0 Å². The first-order chi connectivity index (χ1) is 11.6. The molecule has 1 atom stereocenters. The minimum atomic E-state index is -0.182. The molecule has 2 aliphatic heterocycles. The Bertz CT molecular complexity index is 630. The molecule has 0 aromatic heterocycles. The molecule has 1 fully saturated rings. The van der Waals surface area contributed by atoms with Crippen LogP contribution >= 0.6 is 0 Å². The number of hydrogen-bond donors (Lipinski definition) is 1. The van der Waals surface area contributed by atoms with E-state index in [2.05, 4.69) is 5.32 Å². The summed E-state index contributed by atoms with van der Waals surface area (Å²) in [6.07, 6.45) is 0.307. The van der Waals surface area contributed by atoms with Crippen LogP contribution in [0.25, 0.3) is 0 Å². The molecule has 3 rings (SSSR count). The van der Waals surface area contributed by atoms with Crippen molar-refractivity contribution >= 4 is 17.6 Å². The van der Waals surface area contributed by atoms with E-state index in [9.17, 15) is 9.59 Å². The van der Waals surface area contributed by atoms with Crippen molar-refractivity contribution in [1.29, 1.82) is 0 Å². The Morgan fingerprint density at radius 1 is 1.25 bits per heavy atom. The van der Waals surface area contributed by atoms with Gasteiger partial charge in [-0.15, -0.1) is 0 Å². The van der Waals surface area contributed by atoms with Crippen molar-refractivity contribution in [2.24, 2.45) is 0 Å². The second-order valence-corrected chi connectivity index (χ2v) is 5.86. The summed E-state index contributed by atoms with van der Waals surface area (Å²) in [4.78, 5) is 27.9. The van der Waals surface area contributed by atoms with Crippen LogP contribution in [0.4, 0.5) is 10.5 Å². The van der Waals surface area contributed by atoms with Crippen LogP contribution in [0.5, 0.6) is 11.5 Å². The van der Waals surface area contributed by atoms with E-state index in [1.807, 2.05) is 32.0 Å². The molecule has 3 amide bonds. The first-order valence-corrected chi connectivity index (χ1v) is 8.37. The van der Waals surface area contributed by atoms with E-state index >= 15 is 0 Å². The van der Waals surface area contributed by atoms with Crippen LogP contribution < -0.4 is 19.7 Å². The van der Waals surface area contributed by atoms with Crippen LogP contribution in [0, 0.1) is 0 Å². The fraction of sp³-hybridized carbons (Fsp3) is 0.529. The molecule has 1 saturated heterocycles. The summed E-state index contributed by atoms with van der Waals surface area (Å²) >= 11 is 0. The number of benzene rings is 1. The minimum absolute atomic E-state index is 0.00322. The molecule has 1 N–H and O–H groups in total. The van der Waals surface area contributed by atoms with Crippen molar-refractivity contribution in [3.63, 3.8) is 0 Å². The fourth-order valence-electron chi connectivity index (χ4n) is 3.03. The molecular formula is C17H23N3O4. The monoisotopic (exact) mass is 333 g/mol. The Balaban J connectivity index is 1.68. The Morgan fingerprint density at radius 2 is 1.96 bits per heavy atom. The molecule has 7 nitrogen and oxygen atoms in total. The summed E-state index contributed by atoms with van der Waals surface area (Å²) in [7, 11) is 0. The molecule has 0 unspecified atom stereocenters. The summed E-state index contributed by atoms with van der Waals surface area (Å²) in [6, 6.07) is 5.18. The summed E-state index contributed by atoms with van der Waals surface area (Å²) in [5, 5.41) is 2.94. The van der Waals surface area contributed by atoms with Gasteiger partial charge in [-0.3, -0.25) is 4.79 Å². The SMILES string of the molecule is CCN(CC)C(=O)N[C@H]1CC(=O)N(c2ccc3c(c2)OCCO3)C1. The van der Waals surface area contributed by atoms with Crippen molar-refractivity contribution in [2.75, 3.05) is 37.7 Å². The van der Waals surface area contributed by atoms with Crippen molar-refractivity contribution in [1.82, 2.24) is 10.2 Å². The maximum absolute atomic E-state index is 12.3. The number of hydrogen-bond acceptors (Lipinski definition) is 4. The molecule has 1 aromatic rings. The van der Waals surface area contributed by atoms with Crippen LogP contribution in [-0.2, 0) is 4.79 Å². The second kappa shape index (κ2) is 6.98. The van der Waals surface area contributed by atoms with Gasteiger partial charge < -0.3 is 24.6 Å². The summed E-state index contributed by atoms with van der Waals surface area (Å²) in [6.45, 7) is 6.67. The molecule has 0 saturated carbocycles. The third-order valence-corrected chi connectivity index (χ3v) is 4.34. The van der Waals surface area contributed by atoms with Gasteiger partial charge in [0.15, 0.2) is 11.5 Å². The molecule has 130 valence electrons. The number of anilines is 1. The van der Waals surface area contributed by atoms with Gasteiger partial charge in [-0.1, -0.05) is 0 Å². The molecule has 0 spiro atoms. The van der Waals surface area contributed by atoms with Gasteiger partial charge in [-0.05, 0) is 26.0 Å². The average Bonchev–Trinajstić information content (AvgIpc) is 2.95. The highest BCUT2D eigenvalue weighted by Crippen LogP contribution is 2.35. The summed E-state index contributed by atoms with van der Waals surface area (Å²) < 4.78 is 11.1. The van der Waals surface area contributed by atoms with Gasteiger partial charge in [-0.2, -0.15) is 0 Å². The van der Waals surface area contributed by atoms with Gasteiger partial charge in [0.2, 0.25) is 5.91 Å². The third-order valence-electron chi connectivity index (χ3n) is 4.34. The lowest BCUT2D eigenvalue weighted by Gasteiger charge is -2.23. The van der Waals surface area contributed by atoms with E-state index in [0.29, 0.717) is 50.8 Å². The predicted molar refractivity (Wildman–Crippen MR) is 89.6 cm³/mol. The fourth-order valence-corrected chi connectivity index (χ4v) is 3.03. The number of carbonyl (C=O) groups excluding carboxylic acids is 2.